The average molecular weight is 329 g/mol. The summed E-state index contributed by atoms with van der Waals surface area (Å²) in [5, 5.41) is 0. The molecule has 0 aliphatic rings. The number of carbonyl (C=O) groups excluding carboxylic acids is 1. The van der Waals surface area contributed by atoms with Gasteiger partial charge in [0.2, 0.25) is 0 Å². The molecule has 0 amide bonds. The molecule has 0 aliphatic heterocycles. The number of hydrogen-bond donors (Lipinski definition) is 1. The molecule has 0 unspecified atom stereocenters. The summed E-state index contributed by atoms with van der Waals surface area (Å²) in [4.78, 5) is 24.3. The van der Waals surface area contributed by atoms with Crippen LogP contribution in [0.5, 0.6) is 0 Å². The molecule has 1 heterocycles. The lowest BCUT2D eigenvalue weighted by molar-refractivity contribution is 0.0598. The summed E-state index contributed by atoms with van der Waals surface area (Å²) in [6, 6.07) is 0.844. The molecule has 1 aromatic rings. The lowest BCUT2D eigenvalue weighted by Crippen LogP contribution is -2.18. The van der Waals surface area contributed by atoms with Crippen LogP contribution in [0, 0.1) is 3.70 Å². The first-order valence-electron chi connectivity index (χ1n) is 3.76. The maximum atomic E-state index is 12.3. The average Bonchev–Trinajstić information content (AvgIpc) is 2.16. The molecule has 0 saturated heterocycles. The highest BCUT2D eigenvalue weighted by Gasteiger charge is 2.18. The predicted molar refractivity (Wildman–Crippen MR) is 56.1 cm³/mol. The number of nitrogens with one attached hydrogen (secondary N) is 1. The number of aromatic amines is 1. The largest absolute Gasteiger partial charge is 0.465 e. The fraction of sp³-hybridized carbons (Fsp3) is 0.250. The van der Waals surface area contributed by atoms with Crippen LogP contribution in [0.15, 0.2) is 10.9 Å². The highest BCUT2D eigenvalue weighted by Crippen LogP contribution is 2.18. The molecule has 0 fully saturated rings. The fourth-order valence-corrected chi connectivity index (χ4v) is 1.57. The smallest absolute Gasteiger partial charge is 0.340 e. The van der Waals surface area contributed by atoms with Gasteiger partial charge in [-0.3, -0.25) is 4.79 Å². The van der Waals surface area contributed by atoms with E-state index < -0.39 is 23.5 Å². The highest BCUT2D eigenvalue weighted by atomic mass is 127. The minimum absolute atomic E-state index is 0.0759. The summed E-state index contributed by atoms with van der Waals surface area (Å²) in [6.07, 6.45) is -2.92. The molecule has 4 nitrogen and oxygen atoms in total. The zero-order valence-electron chi connectivity index (χ0n) is 7.51. The number of rotatable bonds is 2. The number of carbonyl (C=O) groups is 1. The summed E-state index contributed by atoms with van der Waals surface area (Å²) in [5.74, 6) is -0.766. The van der Waals surface area contributed by atoms with Gasteiger partial charge in [-0.15, -0.1) is 0 Å². The summed E-state index contributed by atoms with van der Waals surface area (Å²) in [7, 11) is 1.13. The van der Waals surface area contributed by atoms with Gasteiger partial charge in [-0.05, 0) is 28.7 Å². The monoisotopic (exact) mass is 329 g/mol. The van der Waals surface area contributed by atoms with Gasteiger partial charge in [-0.2, -0.15) is 0 Å². The standard InChI is InChI=1S/C8H6F2INO3/c1-15-8(14)4-2-3(5(9)10)7(13)12-6(4)11/h2,5H,1H3,(H,12,13). The van der Waals surface area contributed by atoms with E-state index in [4.69, 9.17) is 0 Å². The lowest BCUT2D eigenvalue weighted by atomic mass is 10.2. The molecule has 0 saturated carbocycles. The summed E-state index contributed by atoms with van der Waals surface area (Å²) in [5.41, 5.74) is -1.72. The van der Waals surface area contributed by atoms with Crippen LogP contribution in [0.1, 0.15) is 22.3 Å². The molecule has 15 heavy (non-hydrogen) atoms. The van der Waals surface area contributed by atoms with Gasteiger partial charge >= 0.3 is 5.97 Å². The number of esters is 1. The van der Waals surface area contributed by atoms with Crippen molar-refractivity contribution in [2.45, 2.75) is 6.43 Å². The molecule has 0 spiro atoms. The quantitative estimate of drug-likeness (QED) is 0.510. The van der Waals surface area contributed by atoms with Crippen LogP contribution in [0.3, 0.4) is 0 Å². The van der Waals surface area contributed by atoms with Crippen LogP contribution in [-0.4, -0.2) is 18.1 Å². The van der Waals surface area contributed by atoms with E-state index in [9.17, 15) is 18.4 Å². The molecule has 82 valence electrons. The SMILES string of the molecule is COC(=O)c1cc(C(F)F)c(=O)[nH]c1I. The molecule has 1 N–H and O–H groups in total. The van der Waals surface area contributed by atoms with Crippen molar-refractivity contribution in [3.05, 3.63) is 31.2 Å². The third-order valence-electron chi connectivity index (χ3n) is 1.66. The van der Waals surface area contributed by atoms with Crippen molar-refractivity contribution in [1.82, 2.24) is 4.98 Å². The van der Waals surface area contributed by atoms with Gasteiger partial charge in [-0.25, -0.2) is 13.6 Å². The summed E-state index contributed by atoms with van der Waals surface area (Å²) in [6.45, 7) is 0. The first kappa shape index (κ1) is 12.1. The highest BCUT2D eigenvalue weighted by molar-refractivity contribution is 14.1. The number of hydrogen-bond acceptors (Lipinski definition) is 3. The maximum absolute atomic E-state index is 12.3. The molecule has 0 aliphatic carbocycles. The van der Waals surface area contributed by atoms with Crippen LogP contribution < -0.4 is 5.56 Å². The van der Waals surface area contributed by atoms with E-state index in [1.54, 1.807) is 22.6 Å². The number of H-pyrrole nitrogens is 1. The Morgan fingerprint density at radius 2 is 2.20 bits per heavy atom. The van der Waals surface area contributed by atoms with Gasteiger partial charge in [0, 0.05) is 0 Å². The molecule has 1 aromatic heterocycles. The minimum atomic E-state index is -2.92. The van der Waals surface area contributed by atoms with E-state index in [1.807, 2.05) is 0 Å². The Kier molecular flexibility index (Phi) is 3.77. The van der Waals surface area contributed by atoms with E-state index >= 15 is 0 Å². The van der Waals surface area contributed by atoms with Gasteiger partial charge in [-0.1, -0.05) is 0 Å². The van der Waals surface area contributed by atoms with E-state index in [2.05, 4.69) is 9.72 Å². The second kappa shape index (κ2) is 4.69. The van der Waals surface area contributed by atoms with Crippen molar-refractivity contribution in [3.8, 4) is 0 Å². The number of alkyl halides is 2. The molecule has 0 aromatic carbocycles. The number of aromatic nitrogens is 1. The van der Waals surface area contributed by atoms with Crippen molar-refractivity contribution in [2.75, 3.05) is 7.11 Å². The zero-order chi connectivity index (χ0) is 11.6. The van der Waals surface area contributed by atoms with E-state index in [0.717, 1.165) is 13.2 Å². The number of ether oxygens (including phenoxy) is 1. The van der Waals surface area contributed by atoms with Crippen molar-refractivity contribution < 1.29 is 18.3 Å². The normalized spacial score (nSPS) is 10.5. The van der Waals surface area contributed by atoms with E-state index in [-0.39, 0.29) is 9.26 Å². The second-order valence-corrected chi connectivity index (χ2v) is 3.65. The third-order valence-corrected chi connectivity index (χ3v) is 2.51. The molecular formula is C8H6F2INO3. The number of methoxy groups -OCH3 is 1. The number of halogens is 3. The third kappa shape index (κ3) is 2.52. The molecule has 0 bridgehead atoms. The molecule has 0 atom stereocenters. The first-order valence-corrected chi connectivity index (χ1v) is 4.84. The fourth-order valence-electron chi connectivity index (χ4n) is 0.944. The van der Waals surface area contributed by atoms with Crippen molar-refractivity contribution in [3.63, 3.8) is 0 Å². The van der Waals surface area contributed by atoms with Crippen LogP contribution in [0.2, 0.25) is 0 Å². The van der Waals surface area contributed by atoms with Crippen LogP contribution >= 0.6 is 22.6 Å². The Labute approximate surface area is 96.8 Å². The van der Waals surface area contributed by atoms with Gasteiger partial charge in [0.25, 0.3) is 12.0 Å². The summed E-state index contributed by atoms with van der Waals surface area (Å²) < 4.78 is 29.2. The Balaban J connectivity index is 3.36. The Bertz CT molecular complexity index is 444. The maximum Gasteiger partial charge on any atom is 0.340 e. The lowest BCUT2D eigenvalue weighted by Gasteiger charge is -2.04. The minimum Gasteiger partial charge on any atom is -0.465 e. The van der Waals surface area contributed by atoms with Crippen LogP contribution in [0.25, 0.3) is 0 Å². The van der Waals surface area contributed by atoms with Crippen LogP contribution in [-0.2, 0) is 4.74 Å². The van der Waals surface area contributed by atoms with Crippen molar-refractivity contribution in [2.24, 2.45) is 0 Å². The van der Waals surface area contributed by atoms with Gasteiger partial charge < -0.3 is 9.72 Å². The predicted octanol–water partition coefficient (Wildman–Crippen LogP) is 1.70. The van der Waals surface area contributed by atoms with E-state index in [1.165, 1.54) is 0 Å². The van der Waals surface area contributed by atoms with Gasteiger partial charge in [0.15, 0.2) is 0 Å². The number of pyridine rings is 1. The molecule has 7 heteroatoms. The van der Waals surface area contributed by atoms with Crippen molar-refractivity contribution >= 4 is 28.6 Å². The Morgan fingerprint density at radius 1 is 1.60 bits per heavy atom. The molecular weight excluding hydrogens is 323 g/mol. The molecule has 1 rings (SSSR count). The first-order chi connectivity index (χ1) is 6.97. The topological polar surface area (TPSA) is 59.2 Å². The van der Waals surface area contributed by atoms with Crippen molar-refractivity contribution in [1.29, 1.82) is 0 Å². The van der Waals surface area contributed by atoms with Gasteiger partial charge in [0.05, 0.1) is 21.9 Å². The van der Waals surface area contributed by atoms with Gasteiger partial charge in [0.1, 0.15) is 0 Å². The van der Waals surface area contributed by atoms with Crippen LogP contribution in [0.4, 0.5) is 8.78 Å². The Morgan fingerprint density at radius 3 is 2.67 bits per heavy atom. The zero-order valence-corrected chi connectivity index (χ0v) is 9.67. The van der Waals surface area contributed by atoms with E-state index in [0.29, 0.717) is 0 Å². The Hall–Kier alpha value is -0.990. The molecule has 0 radical (unpaired) electrons. The second-order valence-electron chi connectivity index (χ2n) is 2.57. The summed E-state index contributed by atoms with van der Waals surface area (Å²) >= 11 is 1.66.